The number of rotatable bonds is 6. The third kappa shape index (κ3) is 3.54. The molecule has 0 aliphatic carbocycles. The van der Waals surface area contributed by atoms with Crippen LogP contribution in [0.4, 0.5) is 5.69 Å². The molecule has 5 nitrogen and oxygen atoms in total. The number of anilines is 1. The molecule has 0 amide bonds. The summed E-state index contributed by atoms with van der Waals surface area (Å²) in [7, 11) is 1.69. The summed E-state index contributed by atoms with van der Waals surface area (Å²) in [4.78, 5) is 5.44. The molecule has 0 unspecified atom stereocenters. The van der Waals surface area contributed by atoms with E-state index >= 15 is 0 Å². The number of nitrogens with zero attached hydrogens (tertiary/aromatic N) is 3. The molecule has 0 bridgehead atoms. The number of hydrogen-bond donors (Lipinski definition) is 1. The first kappa shape index (κ1) is 12.1. The lowest BCUT2D eigenvalue weighted by Gasteiger charge is -2.00. The Morgan fingerprint density at radius 1 is 1.47 bits per heavy atom. The third-order valence-electron chi connectivity index (χ3n) is 2.29. The van der Waals surface area contributed by atoms with Gasteiger partial charge in [0.05, 0.1) is 36.6 Å². The van der Waals surface area contributed by atoms with Gasteiger partial charge in [-0.3, -0.25) is 4.68 Å². The van der Waals surface area contributed by atoms with Crippen molar-refractivity contribution >= 4 is 17.0 Å². The molecule has 6 heteroatoms. The summed E-state index contributed by atoms with van der Waals surface area (Å²) < 4.78 is 6.86. The van der Waals surface area contributed by atoms with Crippen LogP contribution in [0.15, 0.2) is 18.6 Å². The molecule has 1 N–H and O–H groups in total. The van der Waals surface area contributed by atoms with Crippen molar-refractivity contribution in [2.45, 2.75) is 20.0 Å². The van der Waals surface area contributed by atoms with Gasteiger partial charge < -0.3 is 10.1 Å². The van der Waals surface area contributed by atoms with E-state index in [4.69, 9.17) is 4.74 Å². The van der Waals surface area contributed by atoms with E-state index < -0.39 is 0 Å². The Kier molecular flexibility index (Phi) is 4.11. The van der Waals surface area contributed by atoms with Gasteiger partial charge in [0.15, 0.2) is 0 Å². The predicted molar refractivity (Wildman–Crippen MR) is 68.3 cm³/mol. The molecule has 2 heterocycles. The molecule has 0 fully saturated rings. The van der Waals surface area contributed by atoms with Crippen LogP contribution in [0.3, 0.4) is 0 Å². The van der Waals surface area contributed by atoms with Gasteiger partial charge in [0.25, 0.3) is 0 Å². The van der Waals surface area contributed by atoms with Crippen LogP contribution in [0.25, 0.3) is 0 Å². The van der Waals surface area contributed by atoms with Crippen molar-refractivity contribution in [3.05, 3.63) is 28.5 Å². The number of methoxy groups -OCH3 is 1. The summed E-state index contributed by atoms with van der Waals surface area (Å²) in [6.07, 6.45) is 5.71. The molecule has 0 spiro atoms. The maximum Gasteiger partial charge on any atom is 0.0897 e. The molecule has 0 aliphatic heterocycles. The molecule has 0 aliphatic rings. The van der Waals surface area contributed by atoms with Crippen LogP contribution in [0.5, 0.6) is 0 Å². The SMILES string of the molecule is COCCn1cc(NCc2cnc(C)s2)cn1. The van der Waals surface area contributed by atoms with Gasteiger partial charge in [0, 0.05) is 24.4 Å². The fraction of sp³-hybridized carbons (Fsp3) is 0.455. The van der Waals surface area contributed by atoms with Crippen molar-refractivity contribution in [1.82, 2.24) is 14.8 Å². The lowest BCUT2D eigenvalue weighted by molar-refractivity contribution is 0.183. The zero-order valence-electron chi connectivity index (χ0n) is 10.0. The highest BCUT2D eigenvalue weighted by molar-refractivity contribution is 7.11. The fourth-order valence-electron chi connectivity index (χ4n) is 1.44. The lowest BCUT2D eigenvalue weighted by Crippen LogP contribution is -2.04. The molecule has 0 atom stereocenters. The zero-order chi connectivity index (χ0) is 12.1. The number of thiazole rings is 1. The van der Waals surface area contributed by atoms with Crippen molar-refractivity contribution in [3.8, 4) is 0 Å². The number of aryl methyl sites for hydroxylation is 1. The normalized spacial score (nSPS) is 10.7. The second-order valence-electron chi connectivity index (χ2n) is 3.68. The number of ether oxygens (including phenoxy) is 1. The van der Waals surface area contributed by atoms with Gasteiger partial charge in [-0.2, -0.15) is 5.10 Å². The van der Waals surface area contributed by atoms with Crippen molar-refractivity contribution in [2.24, 2.45) is 0 Å². The van der Waals surface area contributed by atoms with Crippen LogP contribution >= 0.6 is 11.3 Å². The maximum atomic E-state index is 5.00. The summed E-state index contributed by atoms with van der Waals surface area (Å²) in [5.74, 6) is 0. The van der Waals surface area contributed by atoms with Crippen molar-refractivity contribution < 1.29 is 4.74 Å². The summed E-state index contributed by atoms with van der Waals surface area (Å²) in [5.41, 5.74) is 1.02. The van der Waals surface area contributed by atoms with Crippen LogP contribution < -0.4 is 5.32 Å². The Balaban J connectivity index is 1.84. The first-order valence-corrected chi connectivity index (χ1v) is 6.26. The molecule has 17 heavy (non-hydrogen) atoms. The minimum Gasteiger partial charge on any atom is -0.383 e. The average Bonchev–Trinajstić information content (AvgIpc) is 2.93. The number of nitrogens with one attached hydrogen (secondary N) is 1. The van der Waals surface area contributed by atoms with E-state index in [0.717, 1.165) is 23.8 Å². The van der Waals surface area contributed by atoms with E-state index in [2.05, 4.69) is 15.4 Å². The van der Waals surface area contributed by atoms with Crippen LogP contribution in [0.1, 0.15) is 9.88 Å². The third-order valence-corrected chi connectivity index (χ3v) is 3.21. The predicted octanol–water partition coefficient (Wildman–Crippen LogP) is 1.91. The molecule has 2 aromatic rings. The summed E-state index contributed by atoms with van der Waals surface area (Å²) >= 11 is 1.71. The number of hydrogen-bond acceptors (Lipinski definition) is 5. The summed E-state index contributed by atoms with van der Waals surface area (Å²) in [5, 5.41) is 8.65. The molecule has 92 valence electrons. The van der Waals surface area contributed by atoms with Crippen LogP contribution in [0, 0.1) is 6.92 Å². The van der Waals surface area contributed by atoms with Crippen LogP contribution in [0.2, 0.25) is 0 Å². The standard InChI is InChI=1S/C11H16N4OS/c1-9-12-6-11(17-9)7-13-10-5-14-15(8-10)3-4-16-2/h5-6,8,13H,3-4,7H2,1-2H3. The van der Waals surface area contributed by atoms with Crippen molar-refractivity contribution in [1.29, 1.82) is 0 Å². The van der Waals surface area contributed by atoms with E-state index in [1.807, 2.05) is 30.2 Å². The van der Waals surface area contributed by atoms with Gasteiger partial charge in [-0.1, -0.05) is 0 Å². The molecule has 0 saturated carbocycles. The summed E-state index contributed by atoms with van der Waals surface area (Å²) in [6, 6.07) is 0. The van der Waals surface area contributed by atoms with Gasteiger partial charge in [-0.25, -0.2) is 4.98 Å². The quantitative estimate of drug-likeness (QED) is 0.853. The van der Waals surface area contributed by atoms with E-state index in [-0.39, 0.29) is 0 Å². The topological polar surface area (TPSA) is 52.0 Å². The maximum absolute atomic E-state index is 5.00. The second-order valence-corrected chi connectivity index (χ2v) is 5.00. The Hall–Kier alpha value is -1.40. The monoisotopic (exact) mass is 252 g/mol. The lowest BCUT2D eigenvalue weighted by atomic mass is 10.5. The van der Waals surface area contributed by atoms with Gasteiger partial charge in [0.1, 0.15) is 0 Å². The molecule has 0 radical (unpaired) electrons. The fourth-order valence-corrected chi connectivity index (χ4v) is 2.17. The highest BCUT2D eigenvalue weighted by Crippen LogP contribution is 2.14. The minimum absolute atomic E-state index is 0.676. The molecule has 0 saturated heterocycles. The van der Waals surface area contributed by atoms with Gasteiger partial charge >= 0.3 is 0 Å². The smallest absolute Gasteiger partial charge is 0.0897 e. The van der Waals surface area contributed by atoms with Crippen molar-refractivity contribution in [2.75, 3.05) is 19.0 Å². The van der Waals surface area contributed by atoms with Gasteiger partial charge in [0.2, 0.25) is 0 Å². The Bertz CT molecular complexity index is 465. The average molecular weight is 252 g/mol. The van der Waals surface area contributed by atoms with Gasteiger partial charge in [-0.05, 0) is 6.92 Å². The van der Waals surface area contributed by atoms with E-state index in [1.165, 1.54) is 4.88 Å². The second kappa shape index (κ2) is 5.79. The first-order valence-electron chi connectivity index (χ1n) is 5.44. The van der Waals surface area contributed by atoms with Crippen LogP contribution in [-0.2, 0) is 17.8 Å². The van der Waals surface area contributed by atoms with E-state index in [0.29, 0.717) is 6.61 Å². The van der Waals surface area contributed by atoms with E-state index in [1.54, 1.807) is 18.4 Å². The Labute approximate surface area is 104 Å². The first-order chi connectivity index (χ1) is 8.28. The molecule has 0 aromatic carbocycles. The summed E-state index contributed by atoms with van der Waals surface area (Å²) in [6.45, 7) is 4.26. The van der Waals surface area contributed by atoms with Gasteiger partial charge in [-0.15, -0.1) is 11.3 Å². The highest BCUT2D eigenvalue weighted by atomic mass is 32.1. The Morgan fingerprint density at radius 3 is 3.06 bits per heavy atom. The molecular weight excluding hydrogens is 236 g/mol. The van der Waals surface area contributed by atoms with E-state index in [9.17, 15) is 0 Å². The zero-order valence-corrected chi connectivity index (χ0v) is 10.8. The minimum atomic E-state index is 0.676. The van der Waals surface area contributed by atoms with Crippen molar-refractivity contribution in [3.63, 3.8) is 0 Å². The van der Waals surface area contributed by atoms with Crippen LogP contribution in [-0.4, -0.2) is 28.5 Å². The Morgan fingerprint density at radius 2 is 2.35 bits per heavy atom. The molecular formula is C11H16N4OS. The largest absolute Gasteiger partial charge is 0.383 e. The molecule has 2 aromatic heterocycles. The number of aromatic nitrogens is 3. The molecule has 2 rings (SSSR count). The highest BCUT2D eigenvalue weighted by Gasteiger charge is 2.00.